The highest BCUT2D eigenvalue weighted by Gasteiger charge is 2.31. The van der Waals surface area contributed by atoms with Gasteiger partial charge >= 0.3 is 0 Å². The molecule has 0 spiro atoms. The first-order chi connectivity index (χ1) is 39.1. The summed E-state index contributed by atoms with van der Waals surface area (Å²) in [5.41, 5.74) is 1.54. The summed E-state index contributed by atoms with van der Waals surface area (Å²) in [7, 11) is 0. The van der Waals surface area contributed by atoms with E-state index in [1.54, 1.807) is 20.5 Å². The van der Waals surface area contributed by atoms with Crippen molar-refractivity contribution in [2.75, 3.05) is 0 Å². The number of benzene rings is 6. The zero-order chi connectivity index (χ0) is 56.0. The molecule has 10 aromatic rings. The van der Waals surface area contributed by atoms with Gasteiger partial charge in [0, 0.05) is 70.8 Å². The predicted molar refractivity (Wildman–Crippen MR) is 349 cm³/mol. The lowest BCUT2D eigenvalue weighted by Gasteiger charge is -2.24. The van der Waals surface area contributed by atoms with Gasteiger partial charge in [0.1, 0.15) is 5.01 Å². The number of thiophene rings is 1. The van der Waals surface area contributed by atoms with E-state index in [1.807, 2.05) is 23.5 Å². The number of pyridine rings is 2. The highest BCUT2D eigenvalue weighted by Crippen LogP contribution is 2.53. The minimum Gasteiger partial charge on any atom is -0.271 e. The fourth-order valence-corrected chi connectivity index (χ4v) is 16.7. The molecule has 0 aliphatic carbocycles. The van der Waals surface area contributed by atoms with Gasteiger partial charge in [-0.25, -0.2) is 4.98 Å². The fraction of sp³-hybridized carbons (Fsp3) is 0.563. The number of aromatic nitrogens is 3. The van der Waals surface area contributed by atoms with Crippen molar-refractivity contribution in [2.24, 2.45) is 5.92 Å². The summed E-state index contributed by atoms with van der Waals surface area (Å²) >= 11 is 3.65. The molecule has 0 amide bonds. The van der Waals surface area contributed by atoms with Crippen LogP contribution in [0.3, 0.4) is 0 Å². The lowest BCUT2D eigenvalue weighted by atomic mass is 9.82. The number of unbranched alkanes of at least 4 members (excludes halogenated alkanes) is 16. The third kappa shape index (κ3) is 11.1. The Morgan fingerprint density at radius 1 is 0.412 bits per heavy atom. The Balaban J connectivity index is 1.28. The smallest absolute Gasteiger partial charge is 0.261 e. The molecular formula is C71H91N3O4S2. The summed E-state index contributed by atoms with van der Waals surface area (Å²) in [6, 6.07) is 14.5. The molecular weight excluding hydrogens is 1020 g/mol. The van der Waals surface area contributed by atoms with E-state index >= 15 is 19.2 Å². The van der Waals surface area contributed by atoms with Crippen LogP contribution in [0.1, 0.15) is 251 Å². The Labute approximate surface area is 482 Å². The van der Waals surface area contributed by atoms with E-state index < -0.39 is 0 Å². The molecule has 0 aliphatic heterocycles. The molecule has 426 valence electrons. The van der Waals surface area contributed by atoms with Crippen molar-refractivity contribution in [3.63, 3.8) is 0 Å². The summed E-state index contributed by atoms with van der Waals surface area (Å²) in [4.78, 5) is 70.4. The van der Waals surface area contributed by atoms with Crippen LogP contribution in [0, 0.1) is 5.92 Å². The lowest BCUT2D eigenvalue weighted by Crippen LogP contribution is -2.37. The van der Waals surface area contributed by atoms with E-state index in [1.165, 1.54) is 66.7 Å². The number of hydrogen-bond acceptors (Lipinski definition) is 7. The maximum atomic E-state index is 15.7. The van der Waals surface area contributed by atoms with E-state index in [4.69, 9.17) is 4.98 Å². The predicted octanol–water partition coefficient (Wildman–Crippen LogP) is 20.7. The first-order valence-corrected chi connectivity index (χ1v) is 33.9. The number of rotatable bonds is 34. The monoisotopic (exact) mass is 1110 g/mol. The topological polar surface area (TPSA) is 91.0 Å². The van der Waals surface area contributed by atoms with E-state index in [0.717, 1.165) is 210 Å². The average molecular weight is 1110 g/mol. The van der Waals surface area contributed by atoms with Gasteiger partial charge in [0.05, 0.1) is 15.1 Å². The van der Waals surface area contributed by atoms with Gasteiger partial charge in [0.15, 0.2) is 0 Å². The standard InChI is InChI=1S/C71H91N3O4S2/c1-8-15-21-26-32-46-42-58(79-57(46)41-45(14-7)31-20-13-6)67-72-65-53-43-55-59-51(68(75)73(70(55)77)47(33-27-22-16-9-2)34-28-23-17-10-3)39-37-49-50-38-40-52-60-56(44-54(66(65)80-67)64(62(50)60)63(53)61(49)59)71(78)74(69(52)76)48(35-29-24-18-11-4)36-30-25-19-12-5/h37-40,42-45,47-48H,8-36,41H2,1-7H3. The SMILES string of the molecule is CCCCCCc1cc(-c2nc3c4cc5c(=O)n(C(CCCCCC)CCCCCC)c(=O)c6ccc7c8ccc9c(=O)n(C(CCCCCC)CCCCCC)c(=O)c%10cc(c3s2)c(c8c9%10)c4c7c65)sc1CC(CC)CCCC. The van der Waals surface area contributed by atoms with Gasteiger partial charge in [0.25, 0.3) is 22.2 Å². The second-order valence-corrected chi connectivity index (χ2v) is 26.5. The van der Waals surface area contributed by atoms with Crippen LogP contribution in [0.5, 0.6) is 0 Å². The molecule has 80 heavy (non-hydrogen) atoms. The molecule has 4 aromatic heterocycles. The van der Waals surface area contributed by atoms with Gasteiger partial charge in [-0.3, -0.25) is 28.3 Å². The van der Waals surface area contributed by atoms with Crippen molar-refractivity contribution in [3.05, 3.63) is 94.3 Å². The van der Waals surface area contributed by atoms with Crippen LogP contribution in [0.15, 0.2) is 61.6 Å². The summed E-state index contributed by atoms with van der Waals surface area (Å²) < 4.78 is 4.34. The molecule has 9 heteroatoms. The van der Waals surface area contributed by atoms with Gasteiger partial charge in [-0.1, -0.05) is 208 Å². The summed E-state index contributed by atoms with van der Waals surface area (Å²) in [5.74, 6) is 0.641. The number of fused-ring (bicyclic) bond motifs is 4. The fourth-order valence-electron chi connectivity index (χ4n) is 14.3. The number of thiazole rings is 1. The van der Waals surface area contributed by atoms with Gasteiger partial charge in [0.2, 0.25) is 0 Å². The highest BCUT2D eigenvalue weighted by atomic mass is 32.1. The number of nitrogens with zero attached hydrogens (tertiary/aromatic N) is 3. The van der Waals surface area contributed by atoms with E-state index in [-0.39, 0.29) is 34.3 Å². The Morgan fingerprint density at radius 2 is 0.838 bits per heavy atom. The Morgan fingerprint density at radius 3 is 1.31 bits per heavy atom. The van der Waals surface area contributed by atoms with Crippen LogP contribution in [-0.4, -0.2) is 14.1 Å². The minimum atomic E-state index is -0.198. The largest absolute Gasteiger partial charge is 0.271 e. The Bertz CT molecular complexity index is 3680. The maximum Gasteiger partial charge on any atom is 0.261 e. The van der Waals surface area contributed by atoms with Crippen molar-refractivity contribution < 1.29 is 0 Å². The molecule has 0 saturated heterocycles. The average Bonchev–Trinajstić information content (AvgIpc) is 4.18. The highest BCUT2D eigenvalue weighted by molar-refractivity contribution is 7.26. The normalized spacial score (nSPS) is 13.1. The van der Waals surface area contributed by atoms with Crippen molar-refractivity contribution in [3.8, 4) is 9.88 Å². The molecule has 6 aromatic carbocycles. The van der Waals surface area contributed by atoms with E-state index in [9.17, 15) is 0 Å². The van der Waals surface area contributed by atoms with Crippen molar-refractivity contribution >= 4 is 108 Å². The van der Waals surface area contributed by atoms with E-state index in [2.05, 4.69) is 78.8 Å². The zero-order valence-electron chi connectivity index (χ0n) is 49.8. The Hall–Kier alpha value is -4.99. The number of aryl methyl sites for hydroxylation is 1. The quantitative estimate of drug-likeness (QED) is 0.0228. The third-order valence-electron chi connectivity index (χ3n) is 18.7. The molecule has 0 saturated carbocycles. The van der Waals surface area contributed by atoms with Crippen molar-refractivity contribution in [1.82, 2.24) is 14.1 Å². The van der Waals surface area contributed by atoms with Gasteiger partial charge in [-0.2, -0.15) is 0 Å². The molecule has 0 aliphatic rings. The van der Waals surface area contributed by atoms with Crippen LogP contribution in [0.25, 0.3) is 95.5 Å². The van der Waals surface area contributed by atoms with E-state index in [0.29, 0.717) is 27.5 Å². The van der Waals surface area contributed by atoms with Crippen LogP contribution in [-0.2, 0) is 12.8 Å². The minimum absolute atomic E-state index is 0.176. The summed E-state index contributed by atoms with van der Waals surface area (Å²) in [6.45, 7) is 15.8. The maximum absolute atomic E-state index is 15.7. The summed E-state index contributed by atoms with van der Waals surface area (Å²) in [6.07, 6.45) is 32.5. The van der Waals surface area contributed by atoms with Gasteiger partial charge < -0.3 is 0 Å². The molecule has 7 nitrogen and oxygen atoms in total. The first-order valence-electron chi connectivity index (χ1n) is 32.3. The van der Waals surface area contributed by atoms with Gasteiger partial charge in [-0.15, -0.1) is 22.7 Å². The second-order valence-electron chi connectivity index (χ2n) is 24.4. The molecule has 1 unspecified atom stereocenters. The molecule has 0 bridgehead atoms. The molecule has 4 heterocycles. The molecule has 1 atom stereocenters. The summed E-state index contributed by atoms with van der Waals surface area (Å²) in [5, 5.41) is 12.3. The van der Waals surface area contributed by atoms with Crippen molar-refractivity contribution in [2.45, 2.75) is 253 Å². The van der Waals surface area contributed by atoms with Gasteiger partial charge in [-0.05, 0) is 108 Å². The lowest BCUT2D eigenvalue weighted by molar-refractivity contribution is 0.384. The van der Waals surface area contributed by atoms with Crippen molar-refractivity contribution in [1.29, 1.82) is 0 Å². The van der Waals surface area contributed by atoms with Crippen LogP contribution < -0.4 is 22.2 Å². The number of hydrogen-bond donors (Lipinski definition) is 0. The van der Waals surface area contributed by atoms with Crippen LogP contribution >= 0.6 is 22.7 Å². The first kappa shape index (κ1) is 58.2. The molecule has 0 fully saturated rings. The Kier molecular flexibility index (Phi) is 19.3. The molecule has 10 rings (SSSR count). The second kappa shape index (κ2) is 26.5. The van der Waals surface area contributed by atoms with Crippen LogP contribution in [0.2, 0.25) is 0 Å². The third-order valence-corrected chi connectivity index (χ3v) is 21.2. The molecule has 0 N–H and O–H groups in total. The molecule has 0 radical (unpaired) electrons. The van der Waals surface area contributed by atoms with Crippen LogP contribution in [0.4, 0.5) is 0 Å². The zero-order valence-corrected chi connectivity index (χ0v) is 51.4.